The van der Waals surface area contributed by atoms with Crippen molar-refractivity contribution in [1.29, 1.82) is 0 Å². The predicted molar refractivity (Wildman–Crippen MR) is 125 cm³/mol. The van der Waals surface area contributed by atoms with E-state index in [4.69, 9.17) is 9.47 Å². The fourth-order valence-corrected chi connectivity index (χ4v) is 6.06. The fourth-order valence-electron chi connectivity index (χ4n) is 4.31. The molecule has 180 valence electrons. The summed E-state index contributed by atoms with van der Waals surface area (Å²) in [5.41, 5.74) is 1.20. The summed E-state index contributed by atoms with van der Waals surface area (Å²) in [6.07, 6.45) is 2.57. The first kappa shape index (κ1) is 23.8. The van der Waals surface area contributed by atoms with Crippen LogP contribution in [0.5, 0.6) is 5.75 Å². The third-order valence-electron chi connectivity index (χ3n) is 6.02. The van der Waals surface area contributed by atoms with Crippen LogP contribution in [0.25, 0.3) is 5.70 Å². The number of nitrogens with one attached hydrogen (secondary N) is 2. The second-order valence-corrected chi connectivity index (χ2v) is 9.95. The lowest BCUT2D eigenvalue weighted by Crippen LogP contribution is -2.46. The molecule has 2 N–H and O–H groups in total. The van der Waals surface area contributed by atoms with Gasteiger partial charge in [-0.1, -0.05) is 24.6 Å². The normalized spacial score (nSPS) is 19.2. The number of piperidine rings is 1. The van der Waals surface area contributed by atoms with E-state index in [-0.39, 0.29) is 16.2 Å². The van der Waals surface area contributed by atoms with Crippen molar-refractivity contribution < 1.29 is 27.5 Å². The van der Waals surface area contributed by atoms with Crippen LogP contribution in [0.2, 0.25) is 0 Å². The Labute approximate surface area is 198 Å². The van der Waals surface area contributed by atoms with Gasteiger partial charge in [0.05, 0.1) is 36.4 Å². The monoisotopic (exact) mass is 485 g/mol. The van der Waals surface area contributed by atoms with Gasteiger partial charge in [0, 0.05) is 13.1 Å². The Morgan fingerprint density at radius 2 is 1.68 bits per heavy atom. The number of esters is 1. The average Bonchev–Trinajstić information content (AvgIpc) is 2.88. The van der Waals surface area contributed by atoms with Gasteiger partial charge < -0.3 is 20.1 Å². The van der Waals surface area contributed by atoms with E-state index >= 15 is 0 Å². The maximum Gasteiger partial charge on any atom is 0.338 e. The summed E-state index contributed by atoms with van der Waals surface area (Å²) in [6.45, 7) is 0.873. The maximum absolute atomic E-state index is 13.6. The van der Waals surface area contributed by atoms with E-state index in [1.807, 2.05) is 0 Å². The van der Waals surface area contributed by atoms with Gasteiger partial charge in [0.25, 0.3) is 0 Å². The van der Waals surface area contributed by atoms with E-state index in [0.717, 1.165) is 19.3 Å². The van der Waals surface area contributed by atoms with Gasteiger partial charge in [-0.15, -0.1) is 0 Å². The van der Waals surface area contributed by atoms with Crippen LogP contribution in [0.3, 0.4) is 0 Å². The molecule has 0 aromatic heterocycles. The van der Waals surface area contributed by atoms with E-state index < -0.39 is 28.1 Å². The highest BCUT2D eigenvalue weighted by molar-refractivity contribution is 7.89. The Balaban J connectivity index is 1.87. The molecule has 1 fully saturated rings. The first-order chi connectivity index (χ1) is 16.4. The number of carbonyl (C=O) groups excluding carboxylic acids is 2. The number of carbonyl (C=O) groups is 2. The number of benzene rings is 2. The zero-order valence-electron chi connectivity index (χ0n) is 19.0. The second-order valence-electron chi connectivity index (χ2n) is 8.04. The molecule has 2 amide bonds. The zero-order chi connectivity index (χ0) is 24.3. The van der Waals surface area contributed by atoms with Crippen molar-refractivity contribution in [2.45, 2.75) is 30.2 Å². The van der Waals surface area contributed by atoms with Crippen LogP contribution in [-0.4, -0.2) is 52.0 Å². The minimum absolute atomic E-state index is 0.0552. The molecule has 1 atom stereocenters. The fraction of sp³-hybridized carbons (Fsp3) is 0.333. The molecule has 2 heterocycles. The minimum atomic E-state index is -3.84. The Hall–Kier alpha value is -3.37. The van der Waals surface area contributed by atoms with Crippen molar-refractivity contribution >= 4 is 27.7 Å². The molecule has 4 rings (SSSR count). The van der Waals surface area contributed by atoms with Crippen molar-refractivity contribution in [3.8, 4) is 5.75 Å². The molecule has 2 aromatic rings. The standard InChI is InChI=1S/C24H27N3O6S/c1-32-17-12-10-16(11-13-17)21-20(23(28)33-2)22(26-24(29)25-21)18-8-4-5-9-19(18)34(30,31)27-14-6-3-7-15-27/h4-5,8-13,22H,3,6-7,14-15H2,1-2H3,(H2,25,26,29). The first-order valence-corrected chi connectivity index (χ1v) is 12.4. The molecule has 0 spiro atoms. The number of sulfonamides is 1. The topological polar surface area (TPSA) is 114 Å². The van der Waals surface area contributed by atoms with Gasteiger partial charge in [0.1, 0.15) is 5.75 Å². The second kappa shape index (κ2) is 9.86. The molecular weight excluding hydrogens is 458 g/mol. The summed E-state index contributed by atoms with van der Waals surface area (Å²) in [7, 11) is -1.06. The molecule has 9 nitrogen and oxygen atoms in total. The van der Waals surface area contributed by atoms with E-state index in [1.54, 1.807) is 42.5 Å². The lowest BCUT2D eigenvalue weighted by molar-refractivity contribution is -0.136. The summed E-state index contributed by atoms with van der Waals surface area (Å²) < 4.78 is 38.8. The summed E-state index contributed by atoms with van der Waals surface area (Å²) in [4.78, 5) is 25.7. The molecule has 1 unspecified atom stereocenters. The van der Waals surface area contributed by atoms with E-state index in [0.29, 0.717) is 30.0 Å². The number of nitrogens with zero attached hydrogens (tertiary/aromatic N) is 1. The van der Waals surface area contributed by atoms with Crippen LogP contribution in [0, 0.1) is 0 Å². The number of ether oxygens (including phenoxy) is 2. The average molecular weight is 486 g/mol. The number of hydrogen-bond acceptors (Lipinski definition) is 6. The van der Waals surface area contributed by atoms with Crippen LogP contribution in [0.4, 0.5) is 4.79 Å². The number of urea groups is 1. The molecule has 2 aromatic carbocycles. The quantitative estimate of drug-likeness (QED) is 0.609. The Kier molecular flexibility index (Phi) is 6.90. The number of hydrogen-bond donors (Lipinski definition) is 2. The van der Waals surface area contributed by atoms with Gasteiger partial charge in [-0.3, -0.25) is 0 Å². The molecule has 0 saturated carbocycles. The Morgan fingerprint density at radius 1 is 1.00 bits per heavy atom. The number of rotatable bonds is 6. The largest absolute Gasteiger partial charge is 0.497 e. The van der Waals surface area contributed by atoms with Crippen molar-refractivity contribution in [2.24, 2.45) is 0 Å². The first-order valence-electron chi connectivity index (χ1n) is 11.0. The van der Waals surface area contributed by atoms with Crippen molar-refractivity contribution in [2.75, 3.05) is 27.3 Å². The van der Waals surface area contributed by atoms with Crippen molar-refractivity contribution in [3.05, 3.63) is 65.2 Å². The molecule has 0 bridgehead atoms. The smallest absolute Gasteiger partial charge is 0.338 e. The van der Waals surface area contributed by atoms with Crippen LogP contribution in [-0.2, 0) is 19.6 Å². The van der Waals surface area contributed by atoms with Crippen molar-refractivity contribution in [3.63, 3.8) is 0 Å². The van der Waals surface area contributed by atoms with Crippen LogP contribution in [0.15, 0.2) is 59.0 Å². The van der Waals surface area contributed by atoms with Gasteiger partial charge in [-0.05, 0) is 54.3 Å². The molecule has 2 aliphatic heterocycles. The Bertz CT molecular complexity index is 1220. The van der Waals surface area contributed by atoms with E-state index in [2.05, 4.69) is 10.6 Å². The molecule has 0 aliphatic carbocycles. The highest BCUT2D eigenvalue weighted by Gasteiger charge is 2.38. The minimum Gasteiger partial charge on any atom is -0.497 e. The summed E-state index contributed by atoms with van der Waals surface area (Å²) in [5.74, 6) is -0.0766. The summed E-state index contributed by atoms with van der Waals surface area (Å²) in [5, 5.41) is 5.40. The van der Waals surface area contributed by atoms with Crippen LogP contribution >= 0.6 is 0 Å². The van der Waals surface area contributed by atoms with Gasteiger partial charge >= 0.3 is 12.0 Å². The SMILES string of the molecule is COC(=O)C1=C(c2ccc(OC)cc2)NC(=O)NC1c1ccccc1S(=O)(=O)N1CCCCC1. The summed E-state index contributed by atoms with van der Waals surface area (Å²) in [6, 6.07) is 11.7. The lowest BCUT2D eigenvalue weighted by atomic mass is 9.92. The van der Waals surface area contributed by atoms with Gasteiger partial charge in [0.2, 0.25) is 10.0 Å². The molecule has 34 heavy (non-hydrogen) atoms. The molecular formula is C24H27N3O6S. The predicted octanol–water partition coefficient (Wildman–Crippen LogP) is 2.81. The third kappa shape index (κ3) is 4.51. The highest BCUT2D eigenvalue weighted by Crippen LogP contribution is 2.36. The molecule has 1 saturated heterocycles. The Morgan fingerprint density at radius 3 is 2.32 bits per heavy atom. The number of amides is 2. The summed E-state index contributed by atoms with van der Waals surface area (Å²) >= 11 is 0. The highest BCUT2D eigenvalue weighted by atomic mass is 32.2. The van der Waals surface area contributed by atoms with Crippen LogP contribution in [0.1, 0.15) is 36.4 Å². The van der Waals surface area contributed by atoms with Gasteiger partial charge in [-0.2, -0.15) is 4.31 Å². The third-order valence-corrected chi connectivity index (χ3v) is 7.99. The molecule has 0 radical (unpaired) electrons. The molecule has 10 heteroatoms. The van der Waals surface area contributed by atoms with Gasteiger partial charge in [-0.25, -0.2) is 18.0 Å². The van der Waals surface area contributed by atoms with E-state index in [1.165, 1.54) is 24.6 Å². The molecule has 2 aliphatic rings. The van der Waals surface area contributed by atoms with Gasteiger partial charge in [0.15, 0.2) is 0 Å². The maximum atomic E-state index is 13.6. The van der Waals surface area contributed by atoms with Crippen LogP contribution < -0.4 is 15.4 Å². The lowest BCUT2D eigenvalue weighted by Gasteiger charge is -2.32. The van der Waals surface area contributed by atoms with Crippen molar-refractivity contribution in [1.82, 2.24) is 14.9 Å². The van der Waals surface area contributed by atoms with E-state index in [9.17, 15) is 18.0 Å². The number of methoxy groups -OCH3 is 2. The zero-order valence-corrected chi connectivity index (χ0v) is 19.9.